The molecule has 0 aliphatic carbocycles. The van der Waals surface area contributed by atoms with Gasteiger partial charge in [0.05, 0.1) is 28.9 Å². The number of nitrogens with one attached hydrogen (secondary N) is 1. The second-order valence-corrected chi connectivity index (χ2v) is 4.97. The Morgan fingerprint density at radius 1 is 1.25 bits per heavy atom. The monoisotopic (exact) mass is 312 g/mol. The highest BCUT2D eigenvalue weighted by atomic mass is 35.5. The third kappa shape index (κ3) is 3.58. The quantitative estimate of drug-likeness (QED) is 0.655. The Morgan fingerprint density at radius 2 is 2.05 bits per heavy atom. The van der Waals surface area contributed by atoms with Gasteiger partial charge in [-0.3, -0.25) is 11.3 Å². The van der Waals surface area contributed by atoms with Crippen LogP contribution >= 0.6 is 23.2 Å². The zero-order valence-corrected chi connectivity index (χ0v) is 12.3. The van der Waals surface area contributed by atoms with Crippen LogP contribution in [0.2, 0.25) is 10.0 Å². The number of hydrazine groups is 1. The Bertz CT molecular complexity index is 594. The van der Waals surface area contributed by atoms with Crippen LogP contribution in [0.5, 0.6) is 5.88 Å². The standard InChI is InChI=1S/C13H14Cl2N4O/c1-20-13-6-11(17-7-18-13)12(19-16)5-8-2-3-9(14)10(15)4-8/h2-4,6-7,12,19H,5,16H2,1H3. The maximum atomic E-state index is 6.00. The molecule has 1 aromatic heterocycles. The molecule has 0 aliphatic heterocycles. The summed E-state index contributed by atoms with van der Waals surface area (Å²) >= 11 is 11.9. The SMILES string of the molecule is COc1cc(C(Cc2ccc(Cl)c(Cl)c2)NN)ncn1. The molecular weight excluding hydrogens is 299 g/mol. The van der Waals surface area contributed by atoms with E-state index in [4.69, 9.17) is 33.8 Å². The van der Waals surface area contributed by atoms with Crippen LogP contribution in [0.1, 0.15) is 17.3 Å². The van der Waals surface area contributed by atoms with Gasteiger partial charge in [0, 0.05) is 6.07 Å². The second-order valence-electron chi connectivity index (χ2n) is 4.16. The molecule has 3 N–H and O–H groups in total. The van der Waals surface area contributed by atoms with Gasteiger partial charge in [-0.05, 0) is 24.1 Å². The zero-order valence-electron chi connectivity index (χ0n) is 10.8. The zero-order chi connectivity index (χ0) is 14.5. The number of nitrogens with two attached hydrogens (primary N) is 1. The minimum absolute atomic E-state index is 0.177. The molecule has 0 fully saturated rings. The van der Waals surface area contributed by atoms with E-state index in [1.165, 1.54) is 6.33 Å². The van der Waals surface area contributed by atoms with Gasteiger partial charge in [0.25, 0.3) is 0 Å². The van der Waals surface area contributed by atoms with Crippen LogP contribution in [0, 0.1) is 0 Å². The Labute approximate surface area is 127 Å². The van der Waals surface area contributed by atoms with E-state index < -0.39 is 0 Å². The lowest BCUT2D eigenvalue weighted by atomic mass is 10.0. The molecule has 0 amide bonds. The van der Waals surface area contributed by atoms with Crippen LogP contribution in [0.25, 0.3) is 0 Å². The fourth-order valence-electron chi connectivity index (χ4n) is 1.81. The molecule has 5 nitrogen and oxygen atoms in total. The van der Waals surface area contributed by atoms with E-state index in [1.54, 1.807) is 19.2 Å². The summed E-state index contributed by atoms with van der Waals surface area (Å²) in [6, 6.07) is 7.03. The van der Waals surface area contributed by atoms with Gasteiger partial charge in [0.1, 0.15) is 6.33 Å². The molecule has 2 rings (SSSR count). The Kier molecular flexibility index (Phi) is 5.14. The normalized spacial score (nSPS) is 12.2. The second kappa shape index (κ2) is 6.85. The van der Waals surface area contributed by atoms with Crippen LogP contribution in [0.3, 0.4) is 0 Å². The number of methoxy groups -OCH3 is 1. The van der Waals surface area contributed by atoms with E-state index in [9.17, 15) is 0 Å². The number of nitrogens with zero attached hydrogens (tertiary/aromatic N) is 2. The Morgan fingerprint density at radius 3 is 2.70 bits per heavy atom. The first-order valence-electron chi connectivity index (χ1n) is 5.90. The molecule has 0 saturated heterocycles. The number of aromatic nitrogens is 2. The predicted molar refractivity (Wildman–Crippen MR) is 78.8 cm³/mol. The summed E-state index contributed by atoms with van der Waals surface area (Å²) in [5.74, 6) is 6.09. The van der Waals surface area contributed by atoms with Gasteiger partial charge in [-0.1, -0.05) is 29.3 Å². The highest BCUT2D eigenvalue weighted by Gasteiger charge is 2.14. The molecule has 7 heteroatoms. The van der Waals surface area contributed by atoms with Gasteiger partial charge in [0.2, 0.25) is 5.88 Å². The van der Waals surface area contributed by atoms with Crippen LogP contribution in [0.15, 0.2) is 30.6 Å². The fraction of sp³-hybridized carbons (Fsp3) is 0.231. The van der Waals surface area contributed by atoms with Crippen molar-refractivity contribution in [3.63, 3.8) is 0 Å². The Balaban J connectivity index is 2.21. The van der Waals surface area contributed by atoms with Gasteiger partial charge in [-0.15, -0.1) is 0 Å². The van der Waals surface area contributed by atoms with Crippen molar-refractivity contribution in [3.05, 3.63) is 51.9 Å². The maximum Gasteiger partial charge on any atom is 0.216 e. The minimum atomic E-state index is -0.177. The first-order chi connectivity index (χ1) is 9.63. The van der Waals surface area contributed by atoms with Crippen molar-refractivity contribution in [3.8, 4) is 5.88 Å². The van der Waals surface area contributed by atoms with E-state index in [0.29, 0.717) is 22.3 Å². The first kappa shape index (κ1) is 15.0. The number of rotatable bonds is 5. The van der Waals surface area contributed by atoms with Crippen molar-refractivity contribution in [1.82, 2.24) is 15.4 Å². The molecule has 0 bridgehead atoms. The van der Waals surface area contributed by atoms with Crippen molar-refractivity contribution >= 4 is 23.2 Å². The van der Waals surface area contributed by atoms with Gasteiger partial charge in [-0.2, -0.15) is 0 Å². The van der Waals surface area contributed by atoms with Crippen LogP contribution < -0.4 is 16.0 Å². The molecule has 0 aliphatic rings. The molecule has 2 aromatic rings. The number of hydrogen-bond acceptors (Lipinski definition) is 5. The molecule has 0 spiro atoms. The summed E-state index contributed by atoms with van der Waals surface area (Å²) in [6.07, 6.45) is 2.06. The highest BCUT2D eigenvalue weighted by Crippen LogP contribution is 2.25. The lowest BCUT2D eigenvalue weighted by Crippen LogP contribution is -2.30. The first-order valence-corrected chi connectivity index (χ1v) is 6.65. The summed E-state index contributed by atoms with van der Waals surface area (Å²) in [7, 11) is 1.55. The van der Waals surface area contributed by atoms with Crippen LogP contribution in [-0.2, 0) is 6.42 Å². The molecule has 1 atom stereocenters. The molecule has 20 heavy (non-hydrogen) atoms. The molecule has 1 heterocycles. The predicted octanol–water partition coefficient (Wildman–Crippen LogP) is 2.54. The molecule has 1 unspecified atom stereocenters. The number of halogens is 2. The third-order valence-electron chi connectivity index (χ3n) is 2.85. The average Bonchev–Trinajstić information content (AvgIpc) is 2.48. The summed E-state index contributed by atoms with van der Waals surface area (Å²) < 4.78 is 5.08. The summed E-state index contributed by atoms with van der Waals surface area (Å²) in [5.41, 5.74) is 4.47. The highest BCUT2D eigenvalue weighted by molar-refractivity contribution is 6.42. The topological polar surface area (TPSA) is 73.1 Å². The van der Waals surface area contributed by atoms with Crippen molar-refractivity contribution in [2.45, 2.75) is 12.5 Å². The number of benzene rings is 1. The van der Waals surface area contributed by atoms with Gasteiger partial charge in [-0.25, -0.2) is 9.97 Å². The van der Waals surface area contributed by atoms with Gasteiger partial charge in [0.15, 0.2) is 0 Å². The fourth-order valence-corrected chi connectivity index (χ4v) is 2.13. The van der Waals surface area contributed by atoms with E-state index in [1.807, 2.05) is 12.1 Å². The number of hydrogen-bond donors (Lipinski definition) is 2. The molecule has 106 valence electrons. The molecule has 1 aromatic carbocycles. The maximum absolute atomic E-state index is 6.00. The van der Waals surface area contributed by atoms with Crippen molar-refractivity contribution in [2.75, 3.05) is 7.11 Å². The van der Waals surface area contributed by atoms with Gasteiger partial charge >= 0.3 is 0 Å². The van der Waals surface area contributed by atoms with Crippen molar-refractivity contribution in [1.29, 1.82) is 0 Å². The van der Waals surface area contributed by atoms with E-state index >= 15 is 0 Å². The summed E-state index contributed by atoms with van der Waals surface area (Å²) in [5, 5.41) is 1.04. The van der Waals surface area contributed by atoms with E-state index in [0.717, 1.165) is 11.3 Å². The average molecular weight is 313 g/mol. The summed E-state index contributed by atoms with van der Waals surface area (Å²) in [6.45, 7) is 0. The largest absolute Gasteiger partial charge is 0.481 e. The lowest BCUT2D eigenvalue weighted by molar-refractivity contribution is 0.393. The smallest absolute Gasteiger partial charge is 0.216 e. The molecule has 0 saturated carbocycles. The van der Waals surface area contributed by atoms with Gasteiger partial charge < -0.3 is 4.74 Å². The Hall–Kier alpha value is -1.40. The van der Waals surface area contributed by atoms with Crippen molar-refractivity contribution < 1.29 is 4.74 Å². The van der Waals surface area contributed by atoms with Crippen LogP contribution in [0.4, 0.5) is 0 Å². The van der Waals surface area contributed by atoms with Crippen LogP contribution in [-0.4, -0.2) is 17.1 Å². The van der Waals surface area contributed by atoms with E-state index in [-0.39, 0.29) is 6.04 Å². The molecular formula is C13H14Cl2N4O. The van der Waals surface area contributed by atoms with E-state index in [2.05, 4.69) is 15.4 Å². The summed E-state index contributed by atoms with van der Waals surface area (Å²) in [4.78, 5) is 8.17. The third-order valence-corrected chi connectivity index (χ3v) is 3.59. The molecule has 0 radical (unpaired) electrons. The number of ether oxygens (including phenoxy) is 1. The minimum Gasteiger partial charge on any atom is -0.481 e. The lowest BCUT2D eigenvalue weighted by Gasteiger charge is -2.16. The van der Waals surface area contributed by atoms with Crippen molar-refractivity contribution in [2.24, 2.45) is 5.84 Å².